The monoisotopic (exact) mass is 452 g/mol. The molecule has 0 unspecified atom stereocenters. The van der Waals surface area contributed by atoms with Crippen molar-refractivity contribution in [3.63, 3.8) is 0 Å². The van der Waals surface area contributed by atoms with E-state index >= 15 is 0 Å². The van der Waals surface area contributed by atoms with Crippen LogP contribution < -0.4 is 10.6 Å². The predicted octanol–water partition coefficient (Wildman–Crippen LogP) is 4.57. The lowest BCUT2D eigenvalue weighted by Crippen LogP contribution is -2.15. The number of fused-ring (bicyclic) bond motifs is 3. The minimum atomic E-state index is -3.53. The standard InChI is InChI=1S/C20H26N2O6P2/c1-5-25-29(23,26-6-2)17-11-13-21-19-15(17)9-10-16-18(12-14-22-20(16)19)30(24,27-7-3)28-8-4/h9-14H,5-8H2,1-4H3. The lowest BCUT2D eigenvalue weighted by atomic mass is 10.1. The second-order valence-corrected chi connectivity index (χ2v) is 10.2. The van der Waals surface area contributed by atoms with Gasteiger partial charge >= 0.3 is 15.2 Å². The van der Waals surface area contributed by atoms with Crippen LogP contribution in [0.15, 0.2) is 36.7 Å². The van der Waals surface area contributed by atoms with E-state index in [4.69, 9.17) is 18.1 Å². The summed E-state index contributed by atoms with van der Waals surface area (Å²) >= 11 is 0. The minimum absolute atomic E-state index is 0.239. The van der Waals surface area contributed by atoms with Crippen LogP contribution >= 0.6 is 15.2 Å². The Labute approximate surface area is 176 Å². The number of hydrogen-bond acceptors (Lipinski definition) is 8. The molecule has 0 saturated carbocycles. The lowest BCUT2D eigenvalue weighted by Gasteiger charge is -2.20. The fourth-order valence-corrected chi connectivity index (χ4v) is 6.82. The Morgan fingerprint density at radius 1 is 0.633 bits per heavy atom. The Kier molecular flexibility index (Phi) is 7.40. The van der Waals surface area contributed by atoms with Gasteiger partial charge in [-0.05, 0) is 39.8 Å². The van der Waals surface area contributed by atoms with Gasteiger partial charge in [0.05, 0.1) is 48.1 Å². The van der Waals surface area contributed by atoms with Gasteiger partial charge in [0.2, 0.25) is 0 Å². The second kappa shape index (κ2) is 9.65. The SMILES string of the molecule is CCOP(=O)(OCC)c1ccnc2c1ccc1c(P(=O)(OCC)OCC)ccnc12. The van der Waals surface area contributed by atoms with Crippen LogP contribution in [-0.2, 0) is 27.2 Å². The van der Waals surface area contributed by atoms with Crippen molar-refractivity contribution in [2.75, 3.05) is 26.4 Å². The van der Waals surface area contributed by atoms with Crippen molar-refractivity contribution in [2.24, 2.45) is 0 Å². The Hall–Kier alpha value is -1.66. The Balaban J connectivity index is 2.30. The summed E-state index contributed by atoms with van der Waals surface area (Å²) < 4.78 is 48.8. The van der Waals surface area contributed by atoms with E-state index < -0.39 is 15.2 Å². The average Bonchev–Trinajstić information content (AvgIpc) is 2.73. The zero-order valence-corrected chi connectivity index (χ0v) is 19.3. The average molecular weight is 452 g/mol. The molecule has 0 spiro atoms. The molecule has 10 heteroatoms. The highest BCUT2D eigenvalue weighted by Gasteiger charge is 2.32. The maximum atomic E-state index is 13.4. The highest BCUT2D eigenvalue weighted by atomic mass is 31.2. The van der Waals surface area contributed by atoms with E-state index in [1.54, 1.807) is 64.4 Å². The fraction of sp³-hybridized carbons (Fsp3) is 0.400. The third-order valence-corrected chi connectivity index (χ3v) is 8.71. The number of hydrogen-bond donors (Lipinski definition) is 0. The van der Waals surface area contributed by atoms with Gasteiger partial charge in [0.1, 0.15) is 0 Å². The molecule has 0 radical (unpaired) electrons. The number of rotatable bonds is 10. The molecule has 0 atom stereocenters. The van der Waals surface area contributed by atoms with Crippen LogP contribution in [0.1, 0.15) is 27.7 Å². The molecule has 2 aromatic heterocycles. The highest BCUT2D eigenvalue weighted by Crippen LogP contribution is 2.50. The third kappa shape index (κ3) is 4.22. The predicted molar refractivity (Wildman–Crippen MR) is 118 cm³/mol. The van der Waals surface area contributed by atoms with Gasteiger partial charge in [-0.1, -0.05) is 12.1 Å². The van der Waals surface area contributed by atoms with Crippen LogP contribution in [0.2, 0.25) is 0 Å². The van der Waals surface area contributed by atoms with Crippen molar-refractivity contribution in [3.05, 3.63) is 36.7 Å². The van der Waals surface area contributed by atoms with E-state index in [1.807, 2.05) is 0 Å². The highest BCUT2D eigenvalue weighted by molar-refractivity contribution is 7.63. The van der Waals surface area contributed by atoms with Gasteiger partial charge in [-0.3, -0.25) is 19.1 Å². The van der Waals surface area contributed by atoms with Gasteiger partial charge in [0, 0.05) is 23.2 Å². The largest absolute Gasteiger partial charge is 0.362 e. The molecule has 0 amide bonds. The molecule has 162 valence electrons. The normalized spacial score (nSPS) is 12.7. The number of benzene rings is 1. The summed E-state index contributed by atoms with van der Waals surface area (Å²) in [6, 6.07) is 6.79. The van der Waals surface area contributed by atoms with Gasteiger partial charge in [-0.15, -0.1) is 0 Å². The lowest BCUT2D eigenvalue weighted by molar-refractivity contribution is 0.229. The first kappa shape index (κ1) is 23.0. The minimum Gasteiger partial charge on any atom is -0.305 e. The summed E-state index contributed by atoms with van der Waals surface area (Å²) in [5.41, 5.74) is 1.01. The van der Waals surface area contributed by atoms with Crippen molar-refractivity contribution in [1.29, 1.82) is 0 Å². The second-order valence-electron chi connectivity index (χ2n) is 6.18. The molecule has 0 bridgehead atoms. The van der Waals surface area contributed by atoms with Crippen LogP contribution in [-0.4, -0.2) is 36.4 Å². The van der Waals surface area contributed by atoms with Crippen molar-refractivity contribution < 1.29 is 27.2 Å². The first-order chi connectivity index (χ1) is 14.4. The Bertz CT molecular complexity index is 1030. The fourth-order valence-electron chi connectivity index (χ4n) is 3.31. The van der Waals surface area contributed by atoms with Gasteiger partial charge in [0.25, 0.3) is 0 Å². The molecule has 1 aromatic carbocycles. The van der Waals surface area contributed by atoms with Crippen LogP contribution in [0.4, 0.5) is 0 Å². The molecule has 3 rings (SSSR count). The van der Waals surface area contributed by atoms with Gasteiger partial charge in [-0.2, -0.15) is 0 Å². The molecule has 2 heterocycles. The van der Waals surface area contributed by atoms with Crippen LogP contribution in [0, 0.1) is 0 Å². The molecule has 3 aromatic rings. The van der Waals surface area contributed by atoms with Crippen molar-refractivity contribution in [1.82, 2.24) is 9.97 Å². The first-order valence-corrected chi connectivity index (χ1v) is 13.0. The van der Waals surface area contributed by atoms with E-state index in [1.165, 1.54) is 0 Å². The van der Waals surface area contributed by atoms with Crippen molar-refractivity contribution >= 4 is 47.6 Å². The molecule has 0 N–H and O–H groups in total. The van der Waals surface area contributed by atoms with Crippen molar-refractivity contribution in [2.45, 2.75) is 27.7 Å². The van der Waals surface area contributed by atoms with E-state index in [0.717, 1.165) is 0 Å². The number of pyridine rings is 2. The molecular weight excluding hydrogens is 426 g/mol. The molecular formula is C20H26N2O6P2. The third-order valence-electron chi connectivity index (χ3n) is 4.36. The van der Waals surface area contributed by atoms with Crippen LogP contribution in [0.3, 0.4) is 0 Å². The summed E-state index contributed by atoms with van der Waals surface area (Å²) in [6.07, 6.45) is 3.08. The Morgan fingerprint density at radius 3 is 1.27 bits per heavy atom. The van der Waals surface area contributed by atoms with E-state index in [2.05, 4.69) is 9.97 Å². The molecule has 0 aliphatic rings. The Morgan fingerprint density at radius 2 is 0.967 bits per heavy atom. The van der Waals surface area contributed by atoms with E-state index in [-0.39, 0.29) is 26.4 Å². The summed E-state index contributed by atoms with van der Waals surface area (Å²) in [5, 5.41) is 2.04. The first-order valence-electron chi connectivity index (χ1n) is 9.89. The van der Waals surface area contributed by atoms with Crippen molar-refractivity contribution in [3.8, 4) is 0 Å². The summed E-state index contributed by atoms with van der Waals surface area (Å²) in [7, 11) is -7.07. The van der Waals surface area contributed by atoms with Crippen LogP contribution in [0.25, 0.3) is 21.8 Å². The zero-order valence-electron chi connectivity index (χ0n) is 17.5. The molecule has 8 nitrogen and oxygen atoms in total. The molecule has 0 aliphatic heterocycles. The van der Waals surface area contributed by atoms with Gasteiger partial charge in [0.15, 0.2) is 0 Å². The molecule has 30 heavy (non-hydrogen) atoms. The van der Waals surface area contributed by atoms with E-state index in [9.17, 15) is 9.13 Å². The quantitative estimate of drug-likeness (QED) is 0.326. The molecule has 0 saturated heterocycles. The molecule has 0 fully saturated rings. The summed E-state index contributed by atoms with van der Waals surface area (Å²) in [6.45, 7) is 8.00. The smallest absolute Gasteiger partial charge is 0.305 e. The maximum Gasteiger partial charge on any atom is 0.362 e. The summed E-state index contributed by atoms with van der Waals surface area (Å²) in [4.78, 5) is 8.91. The summed E-state index contributed by atoms with van der Waals surface area (Å²) in [5.74, 6) is 0. The number of nitrogens with zero attached hydrogens (tertiary/aromatic N) is 2. The van der Waals surface area contributed by atoms with Gasteiger partial charge in [-0.25, -0.2) is 0 Å². The number of aromatic nitrogens is 2. The van der Waals surface area contributed by atoms with Crippen LogP contribution in [0.5, 0.6) is 0 Å². The topological polar surface area (TPSA) is 96.8 Å². The molecule has 0 aliphatic carbocycles. The van der Waals surface area contributed by atoms with E-state index in [0.29, 0.717) is 32.4 Å². The zero-order chi connectivity index (χ0) is 21.8. The maximum absolute atomic E-state index is 13.4. The van der Waals surface area contributed by atoms with Gasteiger partial charge < -0.3 is 18.1 Å².